The van der Waals surface area contributed by atoms with Crippen LogP contribution >= 0.6 is 0 Å². The zero-order valence-corrected chi connectivity index (χ0v) is 9.53. The van der Waals surface area contributed by atoms with Crippen LogP contribution in [0.5, 0.6) is 5.75 Å². The number of hydrogen-bond donors (Lipinski definition) is 1. The molecule has 0 bridgehead atoms. The normalized spacial score (nSPS) is 17.4. The molecule has 2 rings (SSSR count). The van der Waals surface area contributed by atoms with Gasteiger partial charge in [0.05, 0.1) is 13.0 Å². The van der Waals surface area contributed by atoms with Crippen LogP contribution in [0.3, 0.4) is 0 Å². The van der Waals surface area contributed by atoms with Gasteiger partial charge in [-0.2, -0.15) is 0 Å². The highest BCUT2D eigenvalue weighted by Gasteiger charge is 2.23. The van der Waals surface area contributed by atoms with Gasteiger partial charge in [0.25, 0.3) is 5.91 Å². The summed E-state index contributed by atoms with van der Waals surface area (Å²) in [6.07, 6.45) is 1.88. The Hall–Kier alpha value is -2.10. The Labute approximate surface area is 99.3 Å². The molecule has 1 aliphatic rings. The number of hydrogen-bond acceptors (Lipinski definition) is 3. The topological polar surface area (TPSA) is 55.4 Å². The summed E-state index contributed by atoms with van der Waals surface area (Å²) in [6.45, 7) is 2.54. The van der Waals surface area contributed by atoms with Crippen LogP contribution in [-0.4, -0.2) is 18.4 Å². The van der Waals surface area contributed by atoms with Crippen molar-refractivity contribution < 1.29 is 14.3 Å². The minimum Gasteiger partial charge on any atom is -0.494 e. The molecule has 1 aromatic rings. The number of imide groups is 1. The SMILES string of the molecule is CCOc1ccc(/C=C2\CC(=O)NC2=O)cc1. The van der Waals surface area contributed by atoms with Crippen molar-refractivity contribution in [1.29, 1.82) is 0 Å². The molecule has 4 nitrogen and oxygen atoms in total. The molecule has 4 heteroatoms. The van der Waals surface area contributed by atoms with Crippen LogP contribution in [0, 0.1) is 0 Å². The van der Waals surface area contributed by atoms with Crippen LogP contribution in [-0.2, 0) is 9.59 Å². The first kappa shape index (κ1) is 11.4. The van der Waals surface area contributed by atoms with E-state index in [9.17, 15) is 9.59 Å². The van der Waals surface area contributed by atoms with Crippen molar-refractivity contribution in [2.75, 3.05) is 6.61 Å². The number of carbonyl (C=O) groups excluding carboxylic acids is 2. The van der Waals surface area contributed by atoms with E-state index in [1.807, 2.05) is 31.2 Å². The van der Waals surface area contributed by atoms with Gasteiger partial charge < -0.3 is 4.74 Å². The average Bonchev–Trinajstić information content (AvgIpc) is 2.61. The maximum Gasteiger partial charge on any atom is 0.254 e. The minimum absolute atomic E-state index is 0.159. The second-order valence-electron chi connectivity index (χ2n) is 3.73. The summed E-state index contributed by atoms with van der Waals surface area (Å²) in [6, 6.07) is 7.39. The van der Waals surface area contributed by atoms with Crippen molar-refractivity contribution in [3.05, 3.63) is 35.4 Å². The highest BCUT2D eigenvalue weighted by Crippen LogP contribution is 2.17. The van der Waals surface area contributed by atoms with E-state index in [0.29, 0.717) is 12.2 Å². The van der Waals surface area contributed by atoms with Crippen molar-refractivity contribution in [3.63, 3.8) is 0 Å². The molecule has 1 fully saturated rings. The van der Waals surface area contributed by atoms with Crippen molar-refractivity contribution in [3.8, 4) is 5.75 Å². The van der Waals surface area contributed by atoms with Gasteiger partial charge in [-0.15, -0.1) is 0 Å². The van der Waals surface area contributed by atoms with Crippen LogP contribution in [0.1, 0.15) is 18.9 Å². The quantitative estimate of drug-likeness (QED) is 0.633. The molecule has 88 valence electrons. The number of amides is 2. The summed E-state index contributed by atoms with van der Waals surface area (Å²) in [5, 5.41) is 2.25. The summed E-state index contributed by atoms with van der Waals surface area (Å²) in [7, 11) is 0. The van der Waals surface area contributed by atoms with Crippen LogP contribution in [0.15, 0.2) is 29.8 Å². The monoisotopic (exact) mass is 231 g/mol. The Bertz CT molecular complexity index is 474. The van der Waals surface area contributed by atoms with Gasteiger partial charge in [0.1, 0.15) is 5.75 Å². The predicted octanol–water partition coefficient (Wildman–Crippen LogP) is 1.52. The number of benzene rings is 1. The van der Waals surface area contributed by atoms with E-state index in [4.69, 9.17) is 4.74 Å². The van der Waals surface area contributed by atoms with Crippen molar-refractivity contribution >= 4 is 17.9 Å². The first-order chi connectivity index (χ1) is 8.19. The second kappa shape index (κ2) is 4.82. The zero-order valence-electron chi connectivity index (χ0n) is 9.53. The third-order valence-corrected chi connectivity index (χ3v) is 2.43. The molecule has 1 aliphatic heterocycles. The Kier molecular flexibility index (Phi) is 3.23. The first-order valence-electron chi connectivity index (χ1n) is 5.46. The fourth-order valence-corrected chi connectivity index (χ4v) is 1.65. The minimum atomic E-state index is -0.302. The Morgan fingerprint density at radius 1 is 1.29 bits per heavy atom. The largest absolute Gasteiger partial charge is 0.494 e. The molecule has 1 heterocycles. The van der Waals surface area contributed by atoms with E-state index in [2.05, 4.69) is 5.32 Å². The number of rotatable bonds is 3. The molecule has 17 heavy (non-hydrogen) atoms. The highest BCUT2D eigenvalue weighted by molar-refractivity contribution is 6.15. The fourth-order valence-electron chi connectivity index (χ4n) is 1.65. The van der Waals surface area contributed by atoms with Gasteiger partial charge in [-0.3, -0.25) is 14.9 Å². The molecule has 1 aromatic carbocycles. The van der Waals surface area contributed by atoms with E-state index in [0.717, 1.165) is 11.3 Å². The molecular weight excluding hydrogens is 218 g/mol. The Morgan fingerprint density at radius 2 is 2.00 bits per heavy atom. The lowest BCUT2D eigenvalue weighted by molar-refractivity contribution is -0.124. The van der Waals surface area contributed by atoms with E-state index in [1.54, 1.807) is 6.08 Å². The fraction of sp³-hybridized carbons (Fsp3) is 0.231. The molecular formula is C13H13NO3. The number of nitrogens with one attached hydrogen (secondary N) is 1. The lowest BCUT2D eigenvalue weighted by atomic mass is 10.1. The van der Waals surface area contributed by atoms with Crippen LogP contribution in [0.25, 0.3) is 6.08 Å². The molecule has 0 saturated carbocycles. The first-order valence-corrected chi connectivity index (χ1v) is 5.46. The maximum atomic E-state index is 11.3. The van der Waals surface area contributed by atoms with Gasteiger partial charge in [0, 0.05) is 5.57 Å². The van der Waals surface area contributed by atoms with Gasteiger partial charge in [0.15, 0.2) is 0 Å². The van der Waals surface area contributed by atoms with E-state index in [1.165, 1.54) is 0 Å². The van der Waals surface area contributed by atoms with E-state index in [-0.39, 0.29) is 18.2 Å². The molecule has 0 aliphatic carbocycles. The van der Waals surface area contributed by atoms with Crippen molar-refractivity contribution in [2.45, 2.75) is 13.3 Å². The summed E-state index contributed by atoms with van der Waals surface area (Å²) in [5.41, 5.74) is 1.38. The molecule has 0 unspecified atom stereocenters. The van der Waals surface area contributed by atoms with E-state index < -0.39 is 0 Å². The van der Waals surface area contributed by atoms with Gasteiger partial charge in [-0.1, -0.05) is 12.1 Å². The van der Waals surface area contributed by atoms with Crippen molar-refractivity contribution in [1.82, 2.24) is 5.32 Å². The Balaban J connectivity index is 2.16. The summed E-state index contributed by atoms with van der Waals surface area (Å²) >= 11 is 0. The molecule has 0 spiro atoms. The third kappa shape index (κ3) is 2.72. The zero-order chi connectivity index (χ0) is 12.3. The van der Waals surface area contributed by atoms with Gasteiger partial charge in [0.2, 0.25) is 5.91 Å². The molecule has 1 N–H and O–H groups in total. The third-order valence-electron chi connectivity index (χ3n) is 2.43. The summed E-state index contributed by atoms with van der Waals surface area (Å²) in [5.74, 6) is 0.248. The molecule has 0 atom stereocenters. The molecule has 2 amide bonds. The second-order valence-corrected chi connectivity index (χ2v) is 3.73. The standard InChI is InChI=1S/C13H13NO3/c1-2-17-11-5-3-9(4-6-11)7-10-8-12(15)14-13(10)16/h3-7H,2,8H2,1H3,(H,14,15,16)/b10-7+. The van der Waals surface area contributed by atoms with Crippen LogP contribution in [0.4, 0.5) is 0 Å². The number of ether oxygens (including phenoxy) is 1. The molecule has 1 saturated heterocycles. The highest BCUT2D eigenvalue weighted by atomic mass is 16.5. The maximum absolute atomic E-state index is 11.3. The summed E-state index contributed by atoms with van der Waals surface area (Å²) < 4.78 is 5.31. The molecule has 0 aromatic heterocycles. The van der Waals surface area contributed by atoms with Crippen LogP contribution in [0.2, 0.25) is 0 Å². The smallest absolute Gasteiger partial charge is 0.254 e. The lowest BCUT2D eigenvalue weighted by Crippen LogP contribution is -2.19. The van der Waals surface area contributed by atoms with Gasteiger partial charge in [-0.25, -0.2) is 0 Å². The lowest BCUT2D eigenvalue weighted by Gasteiger charge is -2.02. The predicted molar refractivity (Wildman–Crippen MR) is 63.4 cm³/mol. The van der Waals surface area contributed by atoms with Gasteiger partial charge >= 0.3 is 0 Å². The van der Waals surface area contributed by atoms with Crippen molar-refractivity contribution in [2.24, 2.45) is 0 Å². The summed E-state index contributed by atoms with van der Waals surface area (Å²) in [4.78, 5) is 22.3. The molecule has 0 radical (unpaired) electrons. The van der Waals surface area contributed by atoms with E-state index >= 15 is 0 Å². The number of carbonyl (C=O) groups is 2. The average molecular weight is 231 g/mol. The van der Waals surface area contributed by atoms with Gasteiger partial charge in [-0.05, 0) is 30.7 Å². The Morgan fingerprint density at radius 3 is 2.53 bits per heavy atom. The van der Waals surface area contributed by atoms with Crippen LogP contribution < -0.4 is 10.1 Å².